The van der Waals surface area contributed by atoms with Gasteiger partial charge in [-0.1, -0.05) is 37.8 Å². The minimum absolute atomic E-state index is 0.436. The van der Waals surface area contributed by atoms with Crippen LogP contribution in [0.1, 0.15) is 64.2 Å². The van der Waals surface area contributed by atoms with E-state index in [0.29, 0.717) is 0 Å². The Balaban J connectivity index is 1.73. The van der Waals surface area contributed by atoms with E-state index in [4.69, 9.17) is 0 Å². The van der Waals surface area contributed by atoms with Crippen molar-refractivity contribution in [2.75, 3.05) is 0 Å². The predicted octanol–water partition coefficient (Wildman–Crippen LogP) is 2.93. The van der Waals surface area contributed by atoms with E-state index in [1.807, 2.05) is 0 Å². The summed E-state index contributed by atoms with van der Waals surface area (Å²) in [7, 11) is 0. The lowest BCUT2D eigenvalue weighted by Crippen LogP contribution is -2.24. The molecule has 0 aromatic heterocycles. The van der Waals surface area contributed by atoms with Crippen LogP contribution in [0.25, 0.3) is 0 Å². The van der Waals surface area contributed by atoms with Gasteiger partial charge in [-0.25, -0.2) is 0 Å². The maximum Gasteiger partial charge on any atom is 0.0682 e. The van der Waals surface area contributed by atoms with Crippen LogP contribution in [-0.4, -0.2) is 21.4 Å². The van der Waals surface area contributed by atoms with Crippen LogP contribution in [0.15, 0.2) is 12.2 Å². The second-order valence-electron chi connectivity index (χ2n) is 5.74. The molecule has 0 saturated heterocycles. The zero-order chi connectivity index (χ0) is 11.5. The molecule has 92 valence electrons. The van der Waals surface area contributed by atoms with E-state index in [2.05, 4.69) is 12.2 Å². The third-order valence-electron chi connectivity index (χ3n) is 4.23. The highest BCUT2D eigenvalue weighted by molar-refractivity contribution is 4.98. The van der Waals surface area contributed by atoms with Crippen LogP contribution in [0.3, 0.4) is 0 Å². The molecule has 0 amide bonds. The van der Waals surface area contributed by atoms with Gasteiger partial charge in [-0.15, -0.1) is 0 Å². The SMILES string of the molecule is OC1(C/C=C/CC2(O)CCCC2)CCCC1. The van der Waals surface area contributed by atoms with Gasteiger partial charge in [0.05, 0.1) is 11.2 Å². The summed E-state index contributed by atoms with van der Waals surface area (Å²) in [4.78, 5) is 0. The molecule has 2 aliphatic rings. The average molecular weight is 224 g/mol. The summed E-state index contributed by atoms with van der Waals surface area (Å²) in [6.07, 6.45) is 14.1. The van der Waals surface area contributed by atoms with E-state index in [9.17, 15) is 10.2 Å². The molecule has 0 aromatic carbocycles. The fourth-order valence-corrected chi connectivity index (χ4v) is 3.08. The Bertz CT molecular complexity index is 219. The summed E-state index contributed by atoms with van der Waals surface area (Å²) in [6.45, 7) is 0. The molecule has 0 aromatic rings. The Morgan fingerprint density at radius 1 is 0.688 bits per heavy atom. The molecule has 0 unspecified atom stereocenters. The summed E-state index contributed by atoms with van der Waals surface area (Å²) in [5, 5.41) is 20.3. The first-order valence-electron chi connectivity index (χ1n) is 6.72. The fraction of sp³-hybridized carbons (Fsp3) is 0.857. The molecule has 0 bridgehead atoms. The summed E-state index contributed by atoms with van der Waals surface area (Å²) in [5.74, 6) is 0. The molecule has 2 nitrogen and oxygen atoms in total. The number of hydrogen-bond donors (Lipinski definition) is 2. The van der Waals surface area contributed by atoms with Crippen LogP contribution in [0, 0.1) is 0 Å². The monoisotopic (exact) mass is 224 g/mol. The highest BCUT2D eigenvalue weighted by Gasteiger charge is 2.31. The summed E-state index contributed by atoms with van der Waals surface area (Å²) in [6, 6.07) is 0. The molecule has 2 aliphatic carbocycles. The highest BCUT2D eigenvalue weighted by Crippen LogP contribution is 2.34. The number of aliphatic hydroxyl groups is 2. The van der Waals surface area contributed by atoms with Crippen molar-refractivity contribution in [3.05, 3.63) is 12.2 Å². The zero-order valence-corrected chi connectivity index (χ0v) is 10.1. The van der Waals surface area contributed by atoms with E-state index >= 15 is 0 Å². The minimum Gasteiger partial charge on any atom is -0.390 e. The third-order valence-corrected chi connectivity index (χ3v) is 4.23. The summed E-state index contributed by atoms with van der Waals surface area (Å²) in [5.41, 5.74) is -0.871. The van der Waals surface area contributed by atoms with Crippen molar-refractivity contribution in [2.24, 2.45) is 0 Å². The highest BCUT2D eigenvalue weighted by atomic mass is 16.3. The van der Waals surface area contributed by atoms with E-state index in [1.54, 1.807) is 0 Å². The first-order chi connectivity index (χ1) is 7.62. The quantitative estimate of drug-likeness (QED) is 0.721. The molecule has 0 radical (unpaired) electrons. The lowest BCUT2D eigenvalue weighted by molar-refractivity contribution is 0.0465. The molecular formula is C14H24O2. The van der Waals surface area contributed by atoms with Crippen LogP contribution in [0.5, 0.6) is 0 Å². The van der Waals surface area contributed by atoms with Crippen molar-refractivity contribution in [1.29, 1.82) is 0 Å². The molecule has 2 rings (SSSR count). The lowest BCUT2D eigenvalue weighted by Gasteiger charge is -2.21. The van der Waals surface area contributed by atoms with Gasteiger partial charge in [-0.2, -0.15) is 0 Å². The Labute approximate surface area is 98.4 Å². The van der Waals surface area contributed by atoms with Crippen molar-refractivity contribution in [3.63, 3.8) is 0 Å². The van der Waals surface area contributed by atoms with E-state index < -0.39 is 11.2 Å². The summed E-state index contributed by atoms with van der Waals surface area (Å²) < 4.78 is 0. The fourth-order valence-electron chi connectivity index (χ4n) is 3.08. The Hall–Kier alpha value is -0.340. The minimum atomic E-state index is -0.436. The molecule has 0 aliphatic heterocycles. The van der Waals surface area contributed by atoms with Gasteiger partial charge >= 0.3 is 0 Å². The number of hydrogen-bond acceptors (Lipinski definition) is 2. The maximum atomic E-state index is 10.1. The topological polar surface area (TPSA) is 40.5 Å². The summed E-state index contributed by atoms with van der Waals surface area (Å²) >= 11 is 0. The van der Waals surface area contributed by atoms with Crippen LogP contribution in [0.2, 0.25) is 0 Å². The van der Waals surface area contributed by atoms with Crippen LogP contribution in [0.4, 0.5) is 0 Å². The van der Waals surface area contributed by atoms with E-state index in [1.165, 1.54) is 0 Å². The van der Waals surface area contributed by atoms with Gasteiger partial charge in [0.15, 0.2) is 0 Å². The molecule has 2 saturated carbocycles. The van der Waals surface area contributed by atoms with Gasteiger partial charge in [-0.05, 0) is 38.5 Å². The Morgan fingerprint density at radius 3 is 1.31 bits per heavy atom. The van der Waals surface area contributed by atoms with Crippen molar-refractivity contribution in [3.8, 4) is 0 Å². The van der Waals surface area contributed by atoms with Gasteiger partial charge in [0.25, 0.3) is 0 Å². The first-order valence-corrected chi connectivity index (χ1v) is 6.72. The van der Waals surface area contributed by atoms with Gasteiger partial charge in [-0.3, -0.25) is 0 Å². The normalized spacial score (nSPS) is 27.9. The molecule has 0 atom stereocenters. The van der Waals surface area contributed by atoms with E-state index in [0.717, 1.165) is 64.2 Å². The third kappa shape index (κ3) is 3.08. The Kier molecular flexibility index (Phi) is 3.70. The van der Waals surface area contributed by atoms with Gasteiger partial charge in [0.1, 0.15) is 0 Å². The molecule has 16 heavy (non-hydrogen) atoms. The first kappa shape index (κ1) is 12.1. The van der Waals surface area contributed by atoms with Gasteiger partial charge < -0.3 is 10.2 Å². The van der Waals surface area contributed by atoms with Crippen molar-refractivity contribution >= 4 is 0 Å². The lowest BCUT2D eigenvalue weighted by atomic mass is 9.95. The maximum absolute atomic E-state index is 10.1. The molecular weight excluding hydrogens is 200 g/mol. The molecule has 2 heteroatoms. The van der Waals surface area contributed by atoms with Crippen LogP contribution in [-0.2, 0) is 0 Å². The Morgan fingerprint density at radius 2 is 1.00 bits per heavy atom. The molecule has 2 fully saturated rings. The predicted molar refractivity (Wildman–Crippen MR) is 65.2 cm³/mol. The van der Waals surface area contributed by atoms with Gasteiger partial charge in [0, 0.05) is 0 Å². The molecule has 2 N–H and O–H groups in total. The van der Waals surface area contributed by atoms with E-state index in [-0.39, 0.29) is 0 Å². The zero-order valence-electron chi connectivity index (χ0n) is 10.1. The van der Waals surface area contributed by atoms with Crippen molar-refractivity contribution < 1.29 is 10.2 Å². The van der Waals surface area contributed by atoms with Crippen molar-refractivity contribution in [1.82, 2.24) is 0 Å². The standard InChI is InChI=1S/C14H24O2/c15-13(7-1-2-8-13)11-5-6-12-14(16)9-3-4-10-14/h5-6,15-16H,1-4,7-12H2/b6-5+. The smallest absolute Gasteiger partial charge is 0.0682 e. The van der Waals surface area contributed by atoms with Gasteiger partial charge in [0.2, 0.25) is 0 Å². The second-order valence-corrected chi connectivity index (χ2v) is 5.74. The van der Waals surface area contributed by atoms with Crippen molar-refractivity contribution in [2.45, 2.75) is 75.4 Å². The van der Waals surface area contributed by atoms with Crippen LogP contribution < -0.4 is 0 Å². The van der Waals surface area contributed by atoms with Crippen LogP contribution >= 0.6 is 0 Å². The second kappa shape index (κ2) is 4.89. The number of rotatable bonds is 4. The largest absolute Gasteiger partial charge is 0.390 e. The molecule has 0 heterocycles. The molecule has 0 spiro atoms. The average Bonchev–Trinajstić information content (AvgIpc) is 2.84.